The number of hydrogen-bond acceptors (Lipinski definition) is 7. The van der Waals surface area contributed by atoms with Gasteiger partial charge in [-0.2, -0.15) is 0 Å². The second-order valence-corrected chi connectivity index (χ2v) is 6.70. The van der Waals surface area contributed by atoms with Crippen LogP contribution in [0.25, 0.3) is 0 Å². The first kappa shape index (κ1) is 21.0. The first-order chi connectivity index (χ1) is 10.4. The van der Waals surface area contributed by atoms with Gasteiger partial charge in [-0.3, -0.25) is 5.32 Å². The van der Waals surface area contributed by atoms with Gasteiger partial charge in [-0.15, -0.1) is 0 Å². The summed E-state index contributed by atoms with van der Waals surface area (Å²) in [5, 5.41) is 6.03. The summed E-state index contributed by atoms with van der Waals surface area (Å²) >= 11 is 0. The van der Waals surface area contributed by atoms with E-state index < -0.39 is 23.4 Å². The fourth-order valence-electron chi connectivity index (χ4n) is 1.14. The molecule has 0 saturated carbocycles. The lowest BCUT2D eigenvalue weighted by Crippen LogP contribution is -2.48. The summed E-state index contributed by atoms with van der Waals surface area (Å²) in [6.45, 7) is 10.7. The minimum absolute atomic E-state index is 0.127. The Labute approximate surface area is 137 Å². The van der Waals surface area contributed by atoms with E-state index in [2.05, 4.69) is 10.5 Å². The summed E-state index contributed by atoms with van der Waals surface area (Å²) in [6, 6.07) is 0. The fraction of sp³-hybridized carbons (Fsp3) is 0.786. The van der Waals surface area contributed by atoms with Gasteiger partial charge in [0, 0.05) is 13.6 Å². The molecule has 0 aliphatic heterocycles. The Morgan fingerprint density at radius 2 is 1.61 bits per heavy atom. The molecule has 0 radical (unpaired) electrons. The summed E-state index contributed by atoms with van der Waals surface area (Å²) in [6.07, 6.45) is -1.48. The van der Waals surface area contributed by atoms with Gasteiger partial charge in [-0.25, -0.2) is 14.5 Å². The van der Waals surface area contributed by atoms with E-state index in [9.17, 15) is 9.59 Å². The molecule has 0 aromatic carbocycles. The lowest BCUT2D eigenvalue weighted by molar-refractivity contribution is 0.0377. The number of guanidine groups is 1. The van der Waals surface area contributed by atoms with Crippen molar-refractivity contribution in [3.63, 3.8) is 0 Å². The highest BCUT2D eigenvalue weighted by Gasteiger charge is 2.26. The van der Waals surface area contributed by atoms with Crippen molar-refractivity contribution in [2.45, 2.75) is 52.7 Å². The molecule has 23 heavy (non-hydrogen) atoms. The number of rotatable bonds is 3. The highest BCUT2D eigenvalue weighted by atomic mass is 16.6. The van der Waals surface area contributed by atoms with E-state index in [1.807, 2.05) is 0 Å². The first-order valence-corrected chi connectivity index (χ1v) is 7.22. The van der Waals surface area contributed by atoms with Crippen LogP contribution in [0, 0.1) is 0 Å². The number of alkyl carbamates (subject to hydrolysis) is 1. The van der Waals surface area contributed by atoms with Crippen LogP contribution >= 0.6 is 0 Å². The van der Waals surface area contributed by atoms with E-state index in [-0.39, 0.29) is 19.1 Å². The summed E-state index contributed by atoms with van der Waals surface area (Å²) in [5.74, 6) is -0.165. The standard InChI is InChI=1S/C14H28N4O5/c1-13(2,3)22-11(19)16-10(17-21-9-8-15)18(7)12(20)23-14(4,5)6/h8-9,15H2,1-7H3,(H,16,17,19). The largest absolute Gasteiger partial charge is 0.444 e. The molecule has 9 nitrogen and oxygen atoms in total. The second-order valence-electron chi connectivity index (χ2n) is 6.70. The van der Waals surface area contributed by atoms with E-state index in [1.165, 1.54) is 7.05 Å². The molecule has 0 bridgehead atoms. The van der Waals surface area contributed by atoms with Crippen molar-refractivity contribution in [2.75, 3.05) is 20.2 Å². The third kappa shape index (κ3) is 10.3. The predicted molar refractivity (Wildman–Crippen MR) is 85.8 cm³/mol. The van der Waals surface area contributed by atoms with Crippen LogP contribution in [0.1, 0.15) is 41.5 Å². The topological polar surface area (TPSA) is 115 Å². The van der Waals surface area contributed by atoms with Crippen LogP contribution < -0.4 is 11.1 Å². The monoisotopic (exact) mass is 332 g/mol. The predicted octanol–water partition coefficient (Wildman–Crippen LogP) is 1.62. The number of carbonyl (C=O) groups is 2. The molecule has 0 fully saturated rings. The maximum absolute atomic E-state index is 12.1. The molecule has 0 aliphatic rings. The van der Waals surface area contributed by atoms with Gasteiger partial charge in [-0.1, -0.05) is 0 Å². The number of amides is 2. The quantitative estimate of drug-likeness (QED) is 0.351. The van der Waals surface area contributed by atoms with Gasteiger partial charge in [-0.05, 0) is 46.7 Å². The average molecular weight is 332 g/mol. The summed E-state index contributed by atoms with van der Waals surface area (Å²) in [7, 11) is 1.39. The van der Waals surface area contributed by atoms with Crippen molar-refractivity contribution in [1.29, 1.82) is 0 Å². The number of nitrogens with two attached hydrogens (primary N) is 1. The Bertz CT molecular complexity index is 437. The first-order valence-electron chi connectivity index (χ1n) is 7.22. The minimum Gasteiger partial charge on any atom is -0.444 e. The van der Waals surface area contributed by atoms with Crippen LogP contribution in [0.2, 0.25) is 0 Å². The fourth-order valence-corrected chi connectivity index (χ4v) is 1.14. The molecular weight excluding hydrogens is 304 g/mol. The zero-order valence-electron chi connectivity index (χ0n) is 14.9. The third-order valence-corrected chi connectivity index (χ3v) is 1.96. The van der Waals surface area contributed by atoms with Crippen LogP contribution in [0.5, 0.6) is 0 Å². The molecule has 2 amide bonds. The molecule has 0 aromatic rings. The summed E-state index contributed by atoms with van der Waals surface area (Å²) < 4.78 is 10.3. The van der Waals surface area contributed by atoms with Gasteiger partial charge < -0.3 is 20.0 Å². The minimum atomic E-state index is -0.775. The molecule has 0 aromatic heterocycles. The van der Waals surface area contributed by atoms with Gasteiger partial charge in [0.2, 0.25) is 0 Å². The normalized spacial score (nSPS) is 12.4. The Hall–Kier alpha value is -2.03. The van der Waals surface area contributed by atoms with Gasteiger partial charge >= 0.3 is 12.2 Å². The Kier molecular flexibility index (Phi) is 7.81. The van der Waals surface area contributed by atoms with Crippen molar-refractivity contribution in [1.82, 2.24) is 10.2 Å². The van der Waals surface area contributed by atoms with Crippen molar-refractivity contribution < 1.29 is 23.9 Å². The van der Waals surface area contributed by atoms with E-state index in [0.717, 1.165) is 4.90 Å². The summed E-state index contributed by atoms with van der Waals surface area (Å²) in [5.41, 5.74) is 3.92. The molecule has 134 valence electrons. The Morgan fingerprint density at radius 3 is 2.04 bits per heavy atom. The van der Waals surface area contributed by atoms with Crippen molar-refractivity contribution in [3.05, 3.63) is 0 Å². The highest BCUT2D eigenvalue weighted by molar-refractivity contribution is 6.00. The van der Waals surface area contributed by atoms with E-state index >= 15 is 0 Å². The zero-order chi connectivity index (χ0) is 18.3. The molecular formula is C14H28N4O5. The van der Waals surface area contributed by atoms with E-state index in [4.69, 9.17) is 20.0 Å². The van der Waals surface area contributed by atoms with Gasteiger partial charge in [0.1, 0.15) is 17.8 Å². The molecule has 9 heteroatoms. The molecule has 0 saturated heterocycles. The van der Waals surface area contributed by atoms with Crippen LogP contribution in [0.4, 0.5) is 9.59 Å². The molecule has 0 spiro atoms. The molecule has 0 aliphatic carbocycles. The second kappa shape index (κ2) is 8.56. The van der Waals surface area contributed by atoms with E-state index in [1.54, 1.807) is 41.5 Å². The van der Waals surface area contributed by atoms with Gasteiger partial charge in [0.25, 0.3) is 5.96 Å². The zero-order valence-corrected chi connectivity index (χ0v) is 14.9. The number of oxime groups is 1. The van der Waals surface area contributed by atoms with Crippen molar-refractivity contribution in [2.24, 2.45) is 10.9 Å². The van der Waals surface area contributed by atoms with Crippen molar-refractivity contribution >= 4 is 18.1 Å². The maximum Gasteiger partial charge on any atom is 0.416 e. The molecule has 0 unspecified atom stereocenters. The highest BCUT2D eigenvalue weighted by Crippen LogP contribution is 2.10. The Balaban J connectivity index is 5.03. The molecule has 0 atom stereocenters. The van der Waals surface area contributed by atoms with Crippen LogP contribution in [-0.4, -0.2) is 54.4 Å². The SMILES string of the molecule is CN(C(=O)OC(C)(C)C)C(=NOCCN)NC(=O)OC(C)(C)C. The smallest absolute Gasteiger partial charge is 0.416 e. The molecule has 0 heterocycles. The van der Waals surface area contributed by atoms with Gasteiger partial charge in [0.15, 0.2) is 0 Å². The number of nitrogens with zero attached hydrogens (tertiary/aromatic N) is 2. The Morgan fingerprint density at radius 1 is 1.09 bits per heavy atom. The third-order valence-electron chi connectivity index (χ3n) is 1.96. The van der Waals surface area contributed by atoms with Crippen LogP contribution in [0.15, 0.2) is 5.16 Å². The number of ether oxygens (including phenoxy) is 2. The average Bonchev–Trinajstić information content (AvgIpc) is 2.32. The van der Waals surface area contributed by atoms with Crippen LogP contribution in [-0.2, 0) is 14.3 Å². The number of carbonyl (C=O) groups excluding carboxylic acids is 2. The molecule has 3 N–H and O–H groups in total. The number of nitrogens with one attached hydrogen (secondary N) is 1. The van der Waals surface area contributed by atoms with E-state index in [0.29, 0.717) is 0 Å². The summed E-state index contributed by atoms with van der Waals surface area (Å²) in [4.78, 5) is 29.8. The van der Waals surface area contributed by atoms with Gasteiger partial charge in [0.05, 0.1) is 0 Å². The van der Waals surface area contributed by atoms with Crippen LogP contribution in [0.3, 0.4) is 0 Å². The number of hydrogen-bond donors (Lipinski definition) is 2. The lowest BCUT2D eigenvalue weighted by atomic mass is 10.2. The molecule has 0 rings (SSSR count). The maximum atomic E-state index is 12.1. The lowest BCUT2D eigenvalue weighted by Gasteiger charge is -2.26. The van der Waals surface area contributed by atoms with Crippen molar-refractivity contribution in [3.8, 4) is 0 Å².